The van der Waals surface area contributed by atoms with E-state index in [2.05, 4.69) is 62.2 Å². The first-order chi connectivity index (χ1) is 9.65. The zero-order valence-electron chi connectivity index (χ0n) is 13.8. The quantitative estimate of drug-likeness (QED) is 0.693. The van der Waals surface area contributed by atoms with E-state index in [1.54, 1.807) is 0 Å². The lowest BCUT2D eigenvalue weighted by Crippen LogP contribution is -2.24. The van der Waals surface area contributed by atoms with Crippen molar-refractivity contribution in [1.82, 2.24) is 10.2 Å². The van der Waals surface area contributed by atoms with Crippen molar-refractivity contribution in [2.75, 3.05) is 19.6 Å². The Morgan fingerprint density at radius 1 is 0.950 bits per heavy atom. The Morgan fingerprint density at radius 2 is 1.50 bits per heavy atom. The maximum Gasteiger partial charge on any atom is 0.0233 e. The number of nitrogens with zero attached hydrogens (tertiary/aromatic N) is 1. The Labute approximate surface area is 125 Å². The summed E-state index contributed by atoms with van der Waals surface area (Å²) in [6, 6.07) is 9.09. The minimum absolute atomic E-state index is 0.714. The van der Waals surface area contributed by atoms with Gasteiger partial charge >= 0.3 is 0 Å². The van der Waals surface area contributed by atoms with E-state index in [0.717, 1.165) is 19.6 Å². The Balaban J connectivity index is 2.44. The molecule has 0 fully saturated rings. The third kappa shape index (κ3) is 7.06. The van der Waals surface area contributed by atoms with Crippen LogP contribution in [0.4, 0.5) is 0 Å². The fourth-order valence-corrected chi connectivity index (χ4v) is 2.43. The molecule has 1 rings (SSSR count). The minimum atomic E-state index is 0.714. The van der Waals surface area contributed by atoms with E-state index in [9.17, 15) is 0 Å². The van der Waals surface area contributed by atoms with Crippen LogP contribution in [0.15, 0.2) is 24.3 Å². The van der Waals surface area contributed by atoms with Crippen LogP contribution < -0.4 is 5.32 Å². The summed E-state index contributed by atoms with van der Waals surface area (Å²) in [4.78, 5) is 2.55. The van der Waals surface area contributed by atoms with E-state index in [0.29, 0.717) is 5.92 Å². The Hall–Kier alpha value is -0.860. The van der Waals surface area contributed by atoms with Gasteiger partial charge in [-0.15, -0.1) is 0 Å². The third-order valence-electron chi connectivity index (χ3n) is 3.39. The molecule has 0 aliphatic rings. The van der Waals surface area contributed by atoms with Gasteiger partial charge in [0.15, 0.2) is 0 Å². The first-order valence-corrected chi connectivity index (χ1v) is 8.16. The van der Waals surface area contributed by atoms with Crippen molar-refractivity contribution < 1.29 is 0 Å². The Kier molecular flexibility index (Phi) is 8.56. The van der Waals surface area contributed by atoms with Crippen LogP contribution in [0.3, 0.4) is 0 Å². The molecule has 114 valence electrons. The standard InChI is InChI=1S/C18H32N2/c1-5-11-20(12-6-2)15-18-9-7-17(8-10-18)14-19-13-16(3)4/h7-10,16,19H,5-6,11-15H2,1-4H3. The van der Waals surface area contributed by atoms with E-state index in [4.69, 9.17) is 0 Å². The molecule has 0 saturated heterocycles. The summed E-state index contributed by atoms with van der Waals surface area (Å²) in [5.41, 5.74) is 2.81. The van der Waals surface area contributed by atoms with Gasteiger partial charge in [0, 0.05) is 13.1 Å². The van der Waals surface area contributed by atoms with Gasteiger partial charge in [-0.3, -0.25) is 4.90 Å². The van der Waals surface area contributed by atoms with Crippen LogP contribution in [0.5, 0.6) is 0 Å². The van der Waals surface area contributed by atoms with Crippen LogP contribution in [0.1, 0.15) is 51.7 Å². The molecule has 0 heterocycles. The van der Waals surface area contributed by atoms with E-state index in [1.165, 1.54) is 37.1 Å². The monoisotopic (exact) mass is 276 g/mol. The summed E-state index contributed by atoms with van der Waals surface area (Å²) in [6.07, 6.45) is 2.47. The summed E-state index contributed by atoms with van der Waals surface area (Å²) in [7, 11) is 0. The molecule has 20 heavy (non-hydrogen) atoms. The van der Waals surface area contributed by atoms with Crippen LogP contribution in [0.25, 0.3) is 0 Å². The van der Waals surface area contributed by atoms with Crippen LogP contribution in [-0.2, 0) is 13.1 Å². The predicted molar refractivity (Wildman–Crippen MR) is 88.8 cm³/mol. The van der Waals surface area contributed by atoms with Gasteiger partial charge in [-0.05, 0) is 49.5 Å². The average Bonchev–Trinajstić information content (AvgIpc) is 2.41. The maximum atomic E-state index is 3.49. The van der Waals surface area contributed by atoms with E-state index in [1.807, 2.05) is 0 Å². The fourth-order valence-electron chi connectivity index (χ4n) is 2.43. The smallest absolute Gasteiger partial charge is 0.0233 e. The van der Waals surface area contributed by atoms with E-state index < -0.39 is 0 Å². The summed E-state index contributed by atoms with van der Waals surface area (Å²) in [5.74, 6) is 0.714. The molecular weight excluding hydrogens is 244 g/mol. The second-order valence-electron chi connectivity index (χ2n) is 6.12. The lowest BCUT2D eigenvalue weighted by atomic mass is 10.1. The van der Waals surface area contributed by atoms with Crippen molar-refractivity contribution in [2.24, 2.45) is 5.92 Å². The highest BCUT2D eigenvalue weighted by atomic mass is 15.1. The van der Waals surface area contributed by atoms with Gasteiger partial charge in [0.25, 0.3) is 0 Å². The summed E-state index contributed by atoms with van der Waals surface area (Å²) in [6.45, 7) is 14.5. The molecule has 0 aromatic heterocycles. The van der Waals surface area contributed by atoms with Gasteiger partial charge < -0.3 is 5.32 Å². The first-order valence-electron chi connectivity index (χ1n) is 8.16. The summed E-state index contributed by atoms with van der Waals surface area (Å²) in [5, 5.41) is 3.49. The number of hydrogen-bond acceptors (Lipinski definition) is 2. The molecule has 2 nitrogen and oxygen atoms in total. The van der Waals surface area contributed by atoms with Gasteiger partial charge in [0.2, 0.25) is 0 Å². The zero-order chi connectivity index (χ0) is 14.8. The largest absolute Gasteiger partial charge is 0.312 e. The topological polar surface area (TPSA) is 15.3 Å². The maximum absolute atomic E-state index is 3.49. The van der Waals surface area contributed by atoms with Crippen LogP contribution >= 0.6 is 0 Å². The van der Waals surface area contributed by atoms with Crippen LogP contribution in [0.2, 0.25) is 0 Å². The molecule has 1 N–H and O–H groups in total. The minimum Gasteiger partial charge on any atom is -0.312 e. The molecule has 0 bridgehead atoms. The lowest BCUT2D eigenvalue weighted by molar-refractivity contribution is 0.266. The second kappa shape index (κ2) is 9.95. The Bertz CT molecular complexity index is 337. The van der Waals surface area contributed by atoms with Crippen molar-refractivity contribution >= 4 is 0 Å². The summed E-state index contributed by atoms with van der Waals surface area (Å²) >= 11 is 0. The van der Waals surface area contributed by atoms with Gasteiger partial charge in [-0.1, -0.05) is 52.0 Å². The molecule has 0 atom stereocenters. The highest BCUT2D eigenvalue weighted by Gasteiger charge is 2.04. The van der Waals surface area contributed by atoms with Gasteiger partial charge in [0.05, 0.1) is 0 Å². The number of nitrogens with one attached hydrogen (secondary N) is 1. The molecule has 0 aliphatic carbocycles. The average molecular weight is 276 g/mol. The van der Waals surface area contributed by atoms with Crippen LogP contribution in [0, 0.1) is 5.92 Å². The van der Waals surface area contributed by atoms with Crippen molar-refractivity contribution in [1.29, 1.82) is 0 Å². The first kappa shape index (κ1) is 17.2. The predicted octanol–water partition coefficient (Wildman–Crippen LogP) is 4.05. The second-order valence-corrected chi connectivity index (χ2v) is 6.12. The molecule has 0 aliphatic heterocycles. The highest BCUT2D eigenvalue weighted by Crippen LogP contribution is 2.09. The van der Waals surface area contributed by atoms with Crippen molar-refractivity contribution in [3.63, 3.8) is 0 Å². The van der Waals surface area contributed by atoms with Gasteiger partial charge in [0.1, 0.15) is 0 Å². The normalized spacial score (nSPS) is 11.5. The fraction of sp³-hybridized carbons (Fsp3) is 0.667. The van der Waals surface area contributed by atoms with Gasteiger partial charge in [-0.2, -0.15) is 0 Å². The number of benzene rings is 1. The molecule has 1 aromatic rings. The molecule has 1 aromatic carbocycles. The van der Waals surface area contributed by atoms with Crippen LogP contribution in [-0.4, -0.2) is 24.5 Å². The third-order valence-corrected chi connectivity index (χ3v) is 3.39. The van der Waals surface area contributed by atoms with Crippen molar-refractivity contribution in [3.8, 4) is 0 Å². The number of rotatable bonds is 10. The molecule has 0 unspecified atom stereocenters. The van der Waals surface area contributed by atoms with E-state index in [-0.39, 0.29) is 0 Å². The van der Waals surface area contributed by atoms with Crippen molar-refractivity contribution in [2.45, 2.75) is 53.6 Å². The lowest BCUT2D eigenvalue weighted by Gasteiger charge is -2.21. The molecule has 0 amide bonds. The molecule has 0 saturated carbocycles. The van der Waals surface area contributed by atoms with Crippen molar-refractivity contribution in [3.05, 3.63) is 35.4 Å². The molecule has 0 spiro atoms. The Morgan fingerprint density at radius 3 is 2.00 bits per heavy atom. The number of hydrogen-bond donors (Lipinski definition) is 1. The zero-order valence-corrected chi connectivity index (χ0v) is 13.8. The molecular formula is C18H32N2. The van der Waals surface area contributed by atoms with Gasteiger partial charge in [-0.25, -0.2) is 0 Å². The molecule has 2 heteroatoms. The summed E-state index contributed by atoms with van der Waals surface area (Å²) < 4.78 is 0. The molecule has 0 radical (unpaired) electrons. The van der Waals surface area contributed by atoms with E-state index >= 15 is 0 Å². The SMILES string of the molecule is CCCN(CCC)Cc1ccc(CNCC(C)C)cc1. The highest BCUT2D eigenvalue weighted by molar-refractivity contribution is 5.22.